The second kappa shape index (κ2) is 5.56. The van der Waals surface area contributed by atoms with E-state index >= 15 is 0 Å². The van der Waals surface area contributed by atoms with E-state index in [1.807, 2.05) is 24.3 Å². The lowest BCUT2D eigenvalue weighted by atomic mass is 10.0. The van der Waals surface area contributed by atoms with Crippen molar-refractivity contribution < 1.29 is 9.53 Å². The van der Waals surface area contributed by atoms with Crippen LogP contribution < -0.4 is 11.5 Å². The van der Waals surface area contributed by atoms with E-state index in [2.05, 4.69) is 12.8 Å². The van der Waals surface area contributed by atoms with Crippen molar-refractivity contribution in [2.45, 2.75) is 31.4 Å². The van der Waals surface area contributed by atoms with Crippen LogP contribution in [0, 0.1) is 12.8 Å². The van der Waals surface area contributed by atoms with E-state index in [9.17, 15) is 4.79 Å². The number of hydrogen-bond acceptors (Lipinski definition) is 3. The van der Waals surface area contributed by atoms with Crippen molar-refractivity contribution in [3.63, 3.8) is 0 Å². The van der Waals surface area contributed by atoms with E-state index in [0.29, 0.717) is 0 Å². The molecule has 2 unspecified atom stereocenters. The smallest absolute Gasteiger partial charge is 0.405 e. The molecular weight excluding hydrogens is 228 g/mol. The van der Waals surface area contributed by atoms with Crippen LogP contribution in [0.4, 0.5) is 4.79 Å². The van der Waals surface area contributed by atoms with Gasteiger partial charge >= 0.3 is 6.09 Å². The average Bonchev–Trinajstić information content (AvgIpc) is 2.58. The van der Waals surface area contributed by atoms with Crippen molar-refractivity contribution in [3.8, 4) is 12.8 Å². The Labute approximate surface area is 107 Å². The highest BCUT2D eigenvalue weighted by Gasteiger charge is 2.27. The Balaban J connectivity index is 0.000000771. The molecule has 4 nitrogen and oxygen atoms in total. The van der Waals surface area contributed by atoms with Crippen LogP contribution in [0.25, 0.3) is 0 Å². The molecule has 0 bridgehead atoms. The zero-order chi connectivity index (χ0) is 13.8. The van der Waals surface area contributed by atoms with Crippen LogP contribution in [0.1, 0.15) is 19.8 Å². The first-order valence-corrected chi connectivity index (χ1v) is 5.69. The van der Waals surface area contributed by atoms with E-state index in [-0.39, 0.29) is 6.04 Å². The maximum atomic E-state index is 10.8. The van der Waals surface area contributed by atoms with Crippen molar-refractivity contribution in [3.05, 3.63) is 35.5 Å². The largest absolute Gasteiger partial charge is 0.435 e. The van der Waals surface area contributed by atoms with Gasteiger partial charge in [0.2, 0.25) is 0 Å². The summed E-state index contributed by atoms with van der Waals surface area (Å²) in [7, 11) is 0. The van der Waals surface area contributed by atoms with Crippen LogP contribution in [0.2, 0.25) is 0 Å². The SMILES string of the molecule is C#C.CC1(OC(N)=O)C=CC2=C(C=C1)C(N)CC2. The summed E-state index contributed by atoms with van der Waals surface area (Å²) in [5.41, 5.74) is 12.6. The van der Waals surface area contributed by atoms with Crippen molar-refractivity contribution in [2.75, 3.05) is 0 Å². The number of ether oxygens (including phenoxy) is 1. The van der Waals surface area contributed by atoms with Crippen LogP contribution in [-0.4, -0.2) is 17.7 Å². The van der Waals surface area contributed by atoms with E-state index in [4.69, 9.17) is 16.2 Å². The van der Waals surface area contributed by atoms with Gasteiger partial charge < -0.3 is 16.2 Å². The van der Waals surface area contributed by atoms with Crippen molar-refractivity contribution >= 4 is 6.09 Å². The van der Waals surface area contributed by atoms with Crippen molar-refractivity contribution in [1.82, 2.24) is 0 Å². The maximum absolute atomic E-state index is 10.8. The lowest BCUT2D eigenvalue weighted by Crippen LogP contribution is -2.30. The number of carbonyl (C=O) groups is 1. The molecule has 0 radical (unpaired) electrons. The quantitative estimate of drug-likeness (QED) is 0.690. The Hall–Kier alpha value is -1.99. The predicted molar refractivity (Wildman–Crippen MR) is 71.5 cm³/mol. The maximum Gasteiger partial charge on any atom is 0.405 e. The Kier molecular flexibility index (Phi) is 4.35. The summed E-state index contributed by atoms with van der Waals surface area (Å²) in [6.07, 6.45) is 16.8. The van der Waals surface area contributed by atoms with Crippen LogP contribution in [0.3, 0.4) is 0 Å². The molecule has 2 aliphatic carbocycles. The molecule has 1 amide bonds. The van der Waals surface area contributed by atoms with Gasteiger partial charge in [-0.3, -0.25) is 0 Å². The van der Waals surface area contributed by atoms with Gasteiger partial charge in [0.1, 0.15) is 5.60 Å². The van der Waals surface area contributed by atoms with Gasteiger partial charge in [0.05, 0.1) is 0 Å². The lowest BCUT2D eigenvalue weighted by Gasteiger charge is -2.20. The van der Waals surface area contributed by atoms with E-state index in [0.717, 1.165) is 18.4 Å². The Morgan fingerprint density at radius 3 is 2.67 bits per heavy atom. The van der Waals surface area contributed by atoms with Gasteiger partial charge in [-0.05, 0) is 43.1 Å². The molecule has 18 heavy (non-hydrogen) atoms. The summed E-state index contributed by atoms with van der Waals surface area (Å²) in [6.45, 7) is 1.79. The normalized spacial score (nSPS) is 29.0. The topological polar surface area (TPSA) is 78.3 Å². The van der Waals surface area contributed by atoms with Crippen molar-refractivity contribution in [1.29, 1.82) is 0 Å². The number of nitrogens with two attached hydrogens (primary N) is 2. The minimum Gasteiger partial charge on any atom is -0.435 e. The predicted octanol–water partition coefficient (Wildman–Crippen LogP) is 1.63. The van der Waals surface area contributed by atoms with Gasteiger partial charge in [0.15, 0.2) is 0 Å². The van der Waals surface area contributed by atoms with Crippen LogP contribution in [0.15, 0.2) is 35.5 Å². The van der Waals surface area contributed by atoms with Crippen LogP contribution in [0.5, 0.6) is 0 Å². The highest BCUT2D eigenvalue weighted by molar-refractivity contribution is 5.66. The molecule has 0 spiro atoms. The third kappa shape index (κ3) is 3.02. The van der Waals surface area contributed by atoms with Gasteiger partial charge in [-0.15, -0.1) is 12.8 Å². The summed E-state index contributed by atoms with van der Waals surface area (Å²) < 4.78 is 5.06. The van der Waals surface area contributed by atoms with E-state index in [1.165, 1.54) is 5.57 Å². The fourth-order valence-corrected chi connectivity index (χ4v) is 2.12. The number of hydrogen-bond donors (Lipinski definition) is 2. The number of amides is 1. The summed E-state index contributed by atoms with van der Waals surface area (Å²) in [5.74, 6) is 0. The molecule has 4 heteroatoms. The summed E-state index contributed by atoms with van der Waals surface area (Å²) in [5, 5.41) is 0. The van der Waals surface area contributed by atoms with Crippen LogP contribution >= 0.6 is 0 Å². The molecule has 0 fully saturated rings. The third-order valence-electron chi connectivity index (χ3n) is 3.02. The standard InChI is InChI=1S/C12H16N2O2.C2H2/c1-12(16-11(14)15)6-4-8-2-3-10(13)9(8)5-7-12;1-2/h4-7,10H,2-3,13H2,1H3,(H2,14,15);1-2H. The second-order valence-corrected chi connectivity index (χ2v) is 4.40. The molecule has 0 aromatic carbocycles. The number of primary amides is 1. The molecule has 0 aromatic rings. The number of carbonyl (C=O) groups excluding carboxylic acids is 1. The van der Waals surface area contributed by atoms with Gasteiger partial charge in [0.25, 0.3) is 0 Å². The second-order valence-electron chi connectivity index (χ2n) is 4.40. The van der Waals surface area contributed by atoms with Crippen molar-refractivity contribution in [2.24, 2.45) is 11.5 Å². The molecule has 0 saturated heterocycles. The summed E-state index contributed by atoms with van der Waals surface area (Å²) >= 11 is 0. The Morgan fingerprint density at radius 2 is 2.06 bits per heavy atom. The number of allylic oxidation sites excluding steroid dienone is 2. The Morgan fingerprint density at radius 1 is 1.44 bits per heavy atom. The molecule has 0 aliphatic heterocycles. The van der Waals surface area contributed by atoms with E-state index < -0.39 is 11.7 Å². The molecule has 96 valence electrons. The first-order valence-electron chi connectivity index (χ1n) is 5.69. The summed E-state index contributed by atoms with van der Waals surface area (Å²) in [6, 6.07) is 0.0897. The van der Waals surface area contributed by atoms with Gasteiger partial charge in [-0.25, -0.2) is 4.79 Å². The first-order chi connectivity index (χ1) is 8.50. The highest BCUT2D eigenvalue weighted by Crippen LogP contribution is 2.31. The Bertz CT molecular complexity index is 446. The molecular formula is C14H18N2O2. The summed E-state index contributed by atoms with van der Waals surface area (Å²) in [4.78, 5) is 10.8. The zero-order valence-electron chi connectivity index (χ0n) is 10.4. The first kappa shape index (κ1) is 14.1. The molecule has 2 atom stereocenters. The van der Waals surface area contributed by atoms with Gasteiger partial charge in [-0.2, -0.15) is 0 Å². The molecule has 0 saturated carbocycles. The fraction of sp³-hybridized carbons (Fsp3) is 0.357. The number of terminal acetylenes is 1. The molecule has 4 N–H and O–H groups in total. The molecule has 0 aromatic heterocycles. The number of rotatable bonds is 1. The highest BCUT2D eigenvalue weighted by atomic mass is 16.6. The molecule has 2 rings (SSSR count). The van der Waals surface area contributed by atoms with E-state index in [1.54, 1.807) is 6.92 Å². The minimum absolute atomic E-state index is 0.0897. The van der Waals surface area contributed by atoms with Gasteiger partial charge in [0, 0.05) is 6.04 Å². The average molecular weight is 246 g/mol. The van der Waals surface area contributed by atoms with Gasteiger partial charge in [-0.1, -0.05) is 12.2 Å². The monoisotopic (exact) mass is 246 g/mol. The van der Waals surface area contributed by atoms with Crippen LogP contribution in [-0.2, 0) is 4.74 Å². The fourth-order valence-electron chi connectivity index (χ4n) is 2.12. The molecule has 0 heterocycles. The zero-order valence-corrected chi connectivity index (χ0v) is 10.4. The minimum atomic E-state index is -0.775. The third-order valence-corrected chi connectivity index (χ3v) is 3.02. The lowest BCUT2D eigenvalue weighted by molar-refractivity contribution is 0.0982. The molecule has 2 aliphatic rings.